The van der Waals surface area contributed by atoms with Crippen molar-refractivity contribution < 1.29 is 13.2 Å². The van der Waals surface area contributed by atoms with Crippen molar-refractivity contribution in [3.8, 4) is 0 Å². The van der Waals surface area contributed by atoms with Gasteiger partial charge < -0.3 is 4.90 Å². The molecule has 1 saturated carbocycles. The molecule has 124 valence electrons. The zero-order valence-corrected chi connectivity index (χ0v) is 14.3. The molecule has 1 unspecified atom stereocenters. The summed E-state index contributed by atoms with van der Waals surface area (Å²) in [5.41, 5.74) is 0. The Morgan fingerprint density at radius 1 is 1.35 bits per heavy atom. The van der Waals surface area contributed by atoms with Crippen LogP contribution in [0.3, 0.4) is 0 Å². The van der Waals surface area contributed by atoms with Crippen LogP contribution in [0.5, 0.6) is 0 Å². The van der Waals surface area contributed by atoms with Gasteiger partial charge in [0.05, 0.1) is 11.5 Å². The molecule has 0 spiro atoms. The summed E-state index contributed by atoms with van der Waals surface area (Å²) in [6.07, 6.45) is 2.67. The van der Waals surface area contributed by atoms with Gasteiger partial charge in [-0.3, -0.25) is 4.79 Å². The van der Waals surface area contributed by atoms with Gasteiger partial charge in [0.15, 0.2) is 15.7 Å². The van der Waals surface area contributed by atoms with Crippen molar-refractivity contribution in [2.75, 3.05) is 18.1 Å². The van der Waals surface area contributed by atoms with E-state index >= 15 is 0 Å². The first-order valence-electron chi connectivity index (χ1n) is 7.72. The summed E-state index contributed by atoms with van der Waals surface area (Å²) in [6.45, 7) is 2.33. The third-order valence-corrected chi connectivity index (χ3v) is 7.03. The van der Waals surface area contributed by atoms with E-state index in [0.29, 0.717) is 28.9 Å². The van der Waals surface area contributed by atoms with Crippen molar-refractivity contribution in [2.45, 2.75) is 38.1 Å². The van der Waals surface area contributed by atoms with Gasteiger partial charge in [-0.2, -0.15) is 4.52 Å². The third-order valence-electron chi connectivity index (χ3n) is 4.39. The number of carbonyl (C=O) groups is 1. The van der Waals surface area contributed by atoms with Gasteiger partial charge >= 0.3 is 0 Å². The van der Waals surface area contributed by atoms with Gasteiger partial charge in [0.25, 0.3) is 5.91 Å². The smallest absolute Gasteiger partial charge is 0.285 e. The van der Waals surface area contributed by atoms with E-state index in [1.165, 1.54) is 11.3 Å². The summed E-state index contributed by atoms with van der Waals surface area (Å²) >= 11 is 1.21. The normalized spacial score (nSPS) is 23.4. The third kappa shape index (κ3) is 2.63. The summed E-state index contributed by atoms with van der Waals surface area (Å²) in [4.78, 5) is 15.0. The fourth-order valence-electron chi connectivity index (χ4n) is 3.03. The number of fused-ring (bicyclic) bond motifs is 1. The molecule has 10 heteroatoms. The molecule has 0 aromatic carbocycles. The van der Waals surface area contributed by atoms with Crippen LogP contribution in [0.25, 0.3) is 4.96 Å². The standard InChI is InChI=1S/C13H17N5O3S2/c1-2-17(9-5-6-23(20,21)7-9)12(19)11-16-18-10(8-3-4-8)14-15-13(18)22-11/h8-9H,2-7H2,1H3. The quantitative estimate of drug-likeness (QED) is 0.801. The number of hydrogen-bond donors (Lipinski definition) is 0. The molecule has 8 nitrogen and oxygen atoms in total. The molecule has 4 rings (SSSR count). The van der Waals surface area contributed by atoms with Gasteiger partial charge in [-0.25, -0.2) is 8.42 Å². The minimum Gasteiger partial charge on any atom is -0.333 e. The van der Waals surface area contributed by atoms with E-state index in [1.807, 2.05) is 6.92 Å². The number of aromatic nitrogens is 4. The van der Waals surface area contributed by atoms with E-state index in [0.717, 1.165) is 18.7 Å². The van der Waals surface area contributed by atoms with E-state index in [2.05, 4.69) is 15.3 Å². The first-order chi connectivity index (χ1) is 11.0. The minimum atomic E-state index is -3.03. The Morgan fingerprint density at radius 3 is 2.74 bits per heavy atom. The second-order valence-electron chi connectivity index (χ2n) is 6.08. The second kappa shape index (κ2) is 5.23. The minimum absolute atomic E-state index is 0.0456. The first-order valence-corrected chi connectivity index (χ1v) is 10.4. The van der Waals surface area contributed by atoms with Gasteiger partial charge in [0.2, 0.25) is 9.97 Å². The lowest BCUT2D eigenvalue weighted by atomic mass is 10.2. The van der Waals surface area contributed by atoms with E-state index < -0.39 is 9.84 Å². The molecule has 0 bridgehead atoms. The van der Waals surface area contributed by atoms with E-state index in [1.54, 1.807) is 9.42 Å². The van der Waals surface area contributed by atoms with Gasteiger partial charge in [0, 0.05) is 18.5 Å². The number of amides is 1. The Labute approximate surface area is 137 Å². The number of sulfone groups is 1. The zero-order valence-electron chi connectivity index (χ0n) is 12.7. The number of hydrogen-bond acceptors (Lipinski definition) is 7. The van der Waals surface area contributed by atoms with Crippen LogP contribution < -0.4 is 0 Å². The van der Waals surface area contributed by atoms with Crippen LogP contribution >= 0.6 is 11.3 Å². The molecule has 1 aliphatic heterocycles. The molecule has 1 atom stereocenters. The molecule has 1 saturated heterocycles. The van der Waals surface area contributed by atoms with Crippen LogP contribution in [0.15, 0.2) is 0 Å². The van der Waals surface area contributed by atoms with Crippen molar-refractivity contribution in [1.82, 2.24) is 24.7 Å². The van der Waals surface area contributed by atoms with Gasteiger partial charge in [-0.15, -0.1) is 15.3 Å². The first kappa shape index (κ1) is 15.0. The van der Waals surface area contributed by atoms with Crippen LogP contribution in [0.4, 0.5) is 0 Å². The zero-order chi connectivity index (χ0) is 16.2. The maximum atomic E-state index is 12.8. The van der Waals surface area contributed by atoms with Crippen LogP contribution in [-0.4, -0.2) is 63.1 Å². The lowest BCUT2D eigenvalue weighted by Crippen LogP contribution is -2.41. The van der Waals surface area contributed by atoms with Crippen LogP contribution in [0, 0.1) is 0 Å². The predicted octanol–water partition coefficient (Wildman–Crippen LogP) is 0.712. The maximum Gasteiger partial charge on any atom is 0.285 e. The van der Waals surface area contributed by atoms with Crippen molar-refractivity contribution in [1.29, 1.82) is 0 Å². The average molecular weight is 355 g/mol. The molecule has 0 N–H and O–H groups in total. The molecule has 1 aliphatic carbocycles. The molecule has 1 amide bonds. The highest BCUT2D eigenvalue weighted by Gasteiger charge is 2.36. The summed E-state index contributed by atoms with van der Waals surface area (Å²) in [5, 5.41) is 13.0. The Balaban J connectivity index is 1.62. The highest BCUT2D eigenvalue weighted by Crippen LogP contribution is 2.39. The second-order valence-corrected chi connectivity index (χ2v) is 9.27. The van der Waals surface area contributed by atoms with Crippen LogP contribution in [0.1, 0.15) is 47.7 Å². The topological polar surface area (TPSA) is 97.5 Å². The molecule has 2 fully saturated rings. The van der Waals surface area contributed by atoms with E-state index in [4.69, 9.17) is 0 Å². The fourth-order valence-corrected chi connectivity index (χ4v) is 5.56. The summed E-state index contributed by atoms with van der Waals surface area (Å²) in [7, 11) is -3.03. The largest absolute Gasteiger partial charge is 0.333 e. The lowest BCUT2D eigenvalue weighted by Gasteiger charge is -2.25. The molecule has 0 radical (unpaired) electrons. The molecular formula is C13H17N5O3S2. The van der Waals surface area contributed by atoms with Crippen molar-refractivity contribution >= 4 is 32.0 Å². The summed E-state index contributed by atoms with van der Waals surface area (Å²) < 4.78 is 25.0. The van der Waals surface area contributed by atoms with Crippen molar-refractivity contribution in [3.63, 3.8) is 0 Å². The number of rotatable bonds is 4. The molecule has 2 aromatic rings. The van der Waals surface area contributed by atoms with Crippen molar-refractivity contribution in [3.05, 3.63) is 10.8 Å². The van der Waals surface area contributed by atoms with Crippen LogP contribution in [0.2, 0.25) is 0 Å². The van der Waals surface area contributed by atoms with Crippen LogP contribution in [-0.2, 0) is 9.84 Å². The van der Waals surface area contributed by atoms with Gasteiger partial charge in [-0.1, -0.05) is 11.3 Å². The molecule has 2 aliphatic rings. The van der Waals surface area contributed by atoms with E-state index in [-0.39, 0.29) is 23.5 Å². The molecular weight excluding hydrogens is 338 g/mol. The predicted molar refractivity (Wildman–Crippen MR) is 84.4 cm³/mol. The fraction of sp³-hybridized carbons (Fsp3) is 0.692. The summed E-state index contributed by atoms with van der Waals surface area (Å²) in [5.74, 6) is 1.20. The highest BCUT2D eigenvalue weighted by atomic mass is 32.2. The SMILES string of the molecule is CCN(C(=O)c1nn2c(C3CC3)nnc2s1)C1CCS(=O)(=O)C1. The van der Waals surface area contributed by atoms with Gasteiger partial charge in [0.1, 0.15) is 0 Å². The lowest BCUT2D eigenvalue weighted by molar-refractivity contribution is 0.0706. The average Bonchev–Trinajstić information content (AvgIpc) is 2.97. The number of carbonyl (C=O) groups excluding carboxylic acids is 1. The Hall–Kier alpha value is -1.55. The molecule has 3 heterocycles. The monoisotopic (exact) mass is 355 g/mol. The Kier molecular flexibility index (Phi) is 3.41. The van der Waals surface area contributed by atoms with E-state index in [9.17, 15) is 13.2 Å². The summed E-state index contributed by atoms with van der Waals surface area (Å²) in [6, 6.07) is -0.255. The highest BCUT2D eigenvalue weighted by molar-refractivity contribution is 7.91. The maximum absolute atomic E-state index is 12.8. The Morgan fingerprint density at radius 2 is 2.13 bits per heavy atom. The van der Waals surface area contributed by atoms with Crippen molar-refractivity contribution in [2.24, 2.45) is 0 Å². The molecule has 23 heavy (non-hydrogen) atoms. The number of nitrogens with zero attached hydrogens (tertiary/aromatic N) is 5. The van der Waals surface area contributed by atoms with Gasteiger partial charge in [-0.05, 0) is 26.2 Å². The molecule has 2 aromatic heterocycles. The Bertz CT molecular complexity index is 867.